The molecule has 2 saturated heterocycles. The zero-order valence-electron chi connectivity index (χ0n) is 18.8. The van der Waals surface area contributed by atoms with Crippen LogP contribution in [0.3, 0.4) is 0 Å². The van der Waals surface area contributed by atoms with Gasteiger partial charge in [0.25, 0.3) is 0 Å². The second-order valence-corrected chi connectivity index (χ2v) is 10.1. The summed E-state index contributed by atoms with van der Waals surface area (Å²) in [5.74, 6) is 2.06. The monoisotopic (exact) mass is 504 g/mol. The molecule has 0 radical (unpaired) electrons. The van der Waals surface area contributed by atoms with Crippen LogP contribution in [0, 0.1) is 5.41 Å². The molecule has 4 nitrogen and oxygen atoms in total. The molecule has 2 fully saturated rings. The van der Waals surface area contributed by atoms with Gasteiger partial charge in [-0.25, -0.2) is 0 Å². The maximum atomic E-state index is 13.3. The first-order valence-electron chi connectivity index (χ1n) is 11.7. The highest BCUT2D eigenvalue weighted by Gasteiger charge is 2.47. The Bertz CT molecular complexity index is 1090. The second kappa shape index (κ2) is 9.70. The van der Waals surface area contributed by atoms with Crippen LogP contribution >= 0.6 is 15.9 Å². The Morgan fingerprint density at radius 2 is 1.45 bits per heavy atom. The fourth-order valence-corrected chi connectivity index (χ4v) is 5.31. The molecule has 2 heterocycles. The van der Waals surface area contributed by atoms with Crippen molar-refractivity contribution in [2.45, 2.75) is 32.4 Å². The summed E-state index contributed by atoms with van der Waals surface area (Å²) in [6, 6.07) is 26.5. The Labute approximate surface area is 204 Å². The topological polar surface area (TPSA) is 32.8 Å². The molecule has 5 heteroatoms. The number of carbonyl (C=O) groups excluding carboxylic acids is 1. The van der Waals surface area contributed by atoms with E-state index in [9.17, 15) is 4.79 Å². The summed E-state index contributed by atoms with van der Waals surface area (Å²) in [6.45, 7) is 4.39. The molecule has 0 saturated carbocycles. The lowest BCUT2D eigenvalue weighted by molar-refractivity contribution is -0.138. The number of ether oxygens (including phenoxy) is 1. The van der Waals surface area contributed by atoms with E-state index in [1.807, 2.05) is 48.5 Å². The fourth-order valence-electron chi connectivity index (χ4n) is 5.05. The highest BCUT2D eigenvalue weighted by atomic mass is 79.9. The van der Waals surface area contributed by atoms with Crippen LogP contribution in [0.15, 0.2) is 83.3 Å². The van der Waals surface area contributed by atoms with Crippen molar-refractivity contribution < 1.29 is 9.53 Å². The Morgan fingerprint density at radius 3 is 2.21 bits per heavy atom. The number of para-hydroxylation sites is 1. The lowest BCUT2D eigenvalue weighted by Crippen LogP contribution is -2.44. The van der Waals surface area contributed by atoms with E-state index >= 15 is 0 Å². The van der Waals surface area contributed by atoms with E-state index < -0.39 is 0 Å². The van der Waals surface area contributed by atoms with E-state index in [2.05, 4.69) is 56.1 Å². The molecule has 33 heavy (non-hydrogen) atoms. The van der Waals surface area contributed by atoms with E-state index in [4.69, 9.17) is 4.74 Å². The minimum Gasteiger partial charge on any atom is -0.457 e. The van der Waals surface area contributed by atoms with Gasteiger partial charge < -0.3 is 9.64 Å². The van der Waals surface area contributed by atoms with Gasteiger partial charge in [-0.2, -0.15) is 0 Å². The van der Waals surface area contributed by atoms with Crippen molar-refractivity contribution in [2.75, 3.05) is 19.6 Å². The molecular weight excluding hydrogens is 476 g/mol. The van der Waals surface area contributed by atoms with Crippen molar-refractivity contribution in [3.8, 4) is 11.5 Å². The summed E-state index contributed by atoms with van der Waals surface area (Å²) >= 11 is 3.48. The van der Waals surface area contributed by atoms with Gasteiger partial charge in [0.15, 0.2) is 0 Å². The molecular formula is C28H29BrN2O2. The number of rotatable bonds is 6. The average Bonchev–Trinajstić information content (AvgIpc) is 3.13. The molecule has 3 aromatic carbocycles. The Balaban J connectivity index is 1.16. The standard InChI is InChI=1S/C28H29BrN2O2/c29-24-11-9-22(10-12-24)21-31-18-15-28(27(31)32)13-16-30(17-14-28)20-23-5-4-8-26(19-23)33-25-6-2-1-3-7-25/h1-12,19H,13-18,20-21H2. The molecule has 3 aromatic rings. The van der Waals surface area contributed by atoms with Crippen LogP contribution in [0.2, 0.25) is 0 Å². The van der Waals surface area contributed by atoms with Gasteiger partial charge in [-0.3, -0.25) is 9.69 Å². The van der Waals surface area contributed by atoms with Gasteiger partial charge in [-0.05, 0) is 79.9 Å². The normalized spacial score (nSPS) is 18.1. The van der Waals surface area contributed by atoms with Gasteiger partial charge in [0.1, 0.15) is 11.5 Å². The Kier molecular flexibility index (Phi) is 6.52. The smallest absolute Gasteiger partial charge is 0.229 e. The third-order valence-electron chi connectivity index (χ3n) is 6.98. The number of carbonyl (C=O) groups is 1. The van der Waals surface area contributed by atoms with Gasteiger partial charge in [0.2, 0.25) is 5.91 Å². The van der Waals surface area contributed by atoms with Crippen LogP contribution in [0.25, 0.3) is 0 Å². The number of likely N-dealkylation sites (tertiary alicyclic amines) is 2. The average molecular weight is 505 g/mol. The third kappa shape index (κ3) is 5.15. The van der Waals surface area contributed by atoms with Crippen molar-refractivity contribution >= 4 is 21.8 Å². The maximum Gasteiger partial charge on any atom is 0.229 e. The molecule has 2 aliphatic rings. The number of amides is 1. The summed E-state index contributed by atoms with van der Waals surface area (Å²) in [7, 11) is 0. The Hall–Kier alpha value is -2.63. The fraction of sp³-hybridized carbons (Fsp3) is 0.321. The largest absolute Gasteiger partial charge is 0.457 e. The SMILES string of the molecule is O=C1N(Cc2ccc(Br)cc2)CCC12CCN(Cc1cccc(Oc3ccccc3)c1)CC2. The molecule has 0 aromatic heterocycles. The van der Waals surface area contributed by atoms with Gasteiger partial charge in [0, 0.05) is 24.1 Å². The van der Waals surface area contributed by atoms with Crippen LogP contribution < -0.4 is 4.74 Å². The highest BCUT2D eigenvalue weighted by Crippen LogP contribution is 2.42. The molecule has 5 rings (SSSR count). The number of nitrogens with zero attached hydrogens (tertiary/aromatic N) is 2. The zero-order chi connectivity index (χ0) is 22.7. The van der Waals surface area contributed by atoms with Gasteiger partial charge in [-0.15, -0.1) is 0 Å². The van der Waals surface area contributed by atoms with Crippen molar-refractivity contribution in [2.24, 2.45) is 5.41 Å². The highest BCUT2D eigenvalue weighted by molar-refractivity contribution is 9.10. The molecule has 1 spiro atoms. The first kappa shape index (κ1) is 22.2. The second-order valence-electron chi connectivity index (χ2n) is 9.22. The third-order valence-corrected chi connectivity index (χ3v) is 7.51. The van der Waals surface area contributed by atoms with Crippen molar-refractivity contribution in [3.05, 3.63) is 94.5 Å². The van der Waals surface area contributed by atoms with E-state index in [1.54, 1.807) is 0 Å². The summed E-state index contributed by atoms with van der Waals surface area (Å²) < 4.78 is 7.06. The van der Waals surface area contributed by atoms with Gasteiger partial charge in [0.05, 0.1) is 5.41 Å². The molecule has 0 aliphatic carbocycles. The lowest BCUT2D eigenvalue weighted by atomic mass is 9.77. The van der Waals surface area contributed by atoms with Gasteiger partial charge in [-0.1, -0.05) is 58.4 Å². The first-order valence-corrected chi connectivity index (χ1v) is 12.5. The zero-order valence-corrected chi connectivity index (χ0v) is 20.3. The molecule has 0 unspecified atom stereocenters. The molecule has 170 valence electrons. The summed E-state index contributed by atoms with van der Waals surface area (Å²) in [4.78, 5) is 17.8. The van der Waals surface area contributed by atoms with E-state index in [0.717, 1.165) is 61.4 Å². The number of benzene rings is 3. The molecule has 0 bridgehead atoms. The van der Waals surface area contributed by atoms with Crippen molar-refractivity contribution in [1.29, 1.82) is 0 Å². The van der Waals surface area contributed by atoms with Crippen LogP contribution in [-0.2, 0) is 17.9 Å². The number of halogens is 1. The van der Waals surface area contributed by atoms with Crippen LogP contribution in [0.5, 0.6) is 11.5 Å². The van der Waals surface area contributed by atoms with Gasteiger partial charge >= 0.3 is 0 Å². The van der Waals surface area contributed by atoms with Crippen molar-refractivity contribution in [3.63, 3.8) is 0 Å². The maximum absolute atomic E-state index is 13.3. The molecule has 1 amide bonds. The summed E-state index contributed by atoms with van der Waals surface area (Å²) in [5.41, 5.74) is 2.28. The Morgan fingerprint density at radius 1 is 0.758 bits per heavy atom. The van der Waals surface area contributed by atoms with Crippen LogP contribution in [-0.4, -0.2) is 35.3 Å². The van der Waals surface area contributed by atoms with Crippen LogP contribution in [0.1, 0.15) is 30.4 Å². The number of hydrogen-bond donors (Lipinski definition) is 0. The first-order chi connectivity index (χ1) is 16.1. The minimum absolute atomic E-state index is 0.163. The number of hydrogen-bond acceptors (Lipinski definition) is 3. The minimum atomic E-state index is -0.163. The quantitative estimate of drug-likeness (QED) is 0.397. The molecule has 0 N–H and O–H groups in total. The van der Waals surface area contributed by atoms with E-state index in [1.165, 1.54) is 11.1 Å². The predicted molar refractivity (Wildman–Crippen MR) is 134 cm³/mol. The predicted octanol–water partition coefficient (Wildman–Crippen LogP) is 6.26. The summed E-state index contributed by atoms with van der Waals surface area (Å²) in [6.07, 6.45) is 2.88. The van der Waals surface area contributed by atoms with Crippen molar-refractivity contribution in [1.82, 2.24) is 9.80 Å². The van der Waals surface area contributed by atoms with E-state index in [-0.39, 0.29) is 5.41 Å². The lowest BCUT2D eigenvalue weighted by Gasteiger charge is -2.38. The number of piperidine rings is 1. The summed E-state index contributed by atoms with van der Waals surface area (Å²) in [5, 5.41) is 0. The van der Waals surface area contributed by atoms with E-state index in [0.29, 0.717) is 12.5 Å². The molecule has 0 atom stereocenters. The van der Waals surface area contributed by atoms with Crippen LogP contribution in [0.4, 0.5) is 0 Å². The molecule has 2 aliphatic heterocycles.